The summed E-state index contributed by atoms with van der Waals surface area (Å²) < 4.78 is 34.2. The SMILES string of the molecule is COc1cc(C)c(S(=O)(=O)Nc2ccc(Br)c(Cl)c2)cc1C(C)C. The van der Waals surface area contributed by atoms with Gasteiger partial charge in [0, 0.05) is 4.47 Å². The lowest BCUT2D eigenvalue weighted by molar-refractivity contribution is 0.406. The summed E-state index contributed by atoms with van der Waals surface area (Å²) in [6.45, 7) is 5.73. The Bertz CT molecular complexity index is 866. The lowest BCUT2D eigenvalue weighted by Gasteiger charge is -2.17. The highest BCUT2D eigenvalue weighted by molar-refractivity contribution is 9.10. The van der Waals surface area contributed by atoms with E-state index >= 15 is 0 Å². The van der Waals surface area contributed by atoms with Crippen molar-refractivity contribution in [2.24, 2.45) is 0 Å². The summed E-state index contributed by atoms with van der Waals surface area (Å²) in [6.07, 6.45) is 0. The maximum absolute atomic E-state index is 12.8. The van der Waals surface area contributed by atoms with Crippen LogP contribution < -0.4 is 9.46 Å². The number of anilines is 1. The van der Waals surface area contributed by atoms with Crippen LogP contribution >= 0.6 is 27.5 Å². The van der Waals surface area contributed by atoms with Gasteiger partial charge in [-0.25, -0.2) is 8.42 Å². The van der Waals surface area contributed by atoms with E-state index in [0.717, 1.165) is 5.56 Å². The molecule has 0 saturated carbocycles. The molecule has 2 aromatic carbocycles. The first-order chi connectivity index (χ1) is 11.2. The Morgan fingerprint density at radius 2 is 1.88 bits per heavy atom. The van der Waals surface area contributed by atoms with Gasteiger partial charge in [-0.05, 0) is 70.2 Å². The number of benzene rings is 2. The quantitative estimate of drug-likeness (QED) is 0.693. The van der Waals surface area contributed by atoms with Crippen LogP contribution in [0.15, 0.2) is 39.7 Å². The average molecular weight is 433 g/mol. The molecule has 1 N–H and O–H groups in total. The van der Waals surface area contributed by atoms with Gasteiger partial charge in [0.05, 0.1) is 22.7 Å². The number of methoxy groups -OCH3 is 1. The molecule has 0 amide bonds. The van der Waals surface area contributed by atoms with E-state index in [1.165, 1.54) is 0 Å². The molecule has 0 aliphatic carbocycles. The zero-order valence-electron chi connectivity index (χ0n) is 13.9. The van der Waals surface area contributed by atoms with Gasteiger partial charge in [-0.1, -0.05) is 25.4 Å². The molecule has 0 aliphatic heterocycles. The Morgan fingerprint density at radius 3 is 2.42 bits per heavy atom. The highest BCUT2D eigenvalue weighted by Crippen LogP contribution is 2.33. The van der Waals surface area contributed by atoms with Crippen LogP contribution in [0.1, 0.15) is 30.9 Å². The standard InChI is InChI=1S/C17H19BrClNO3S/c1-10(2)13-9-17(11(3)7-16(13)23-4)24(21,22)20-12-5-6-14(18)15(19)8-12/h5-10,20H,1-4H3. The number of ether oxygens (including phenoxy) is 1. The number of aryl methyl sites for hydroxylation is 1. The van der Waals surface area contributed by atoms with Crippen LogP contribution in [0, 0.1) is 6.92 Å². The van der Waals surface area contributed by atoms with Gasteiger partial charge in [-0.3, -0.25) is 4.72 Å². The summed E-state index contributed by atoms with van der Waals surface area (Å²) in [6, 6.07) is 8.32. The van der Waals surface area contributed by atoms with E-state index in [4.69, 9.17) is 16.3 Å². The summed E-state index contributed by atoms with van der Waals surface area (Å²) >= 11 is 9.31. The number of sulfonamides is 1. The minimum atomic E-state index is -3.73. The number of hydrogen-bond acceptors (Lipinski definition) is 3. The Balaban J connectivity index is 2.48. The van der Waals surface area contributed by atoms with E-state index in [2.05, 4.69) is 20.7 Å². The van der Waals surface area contributed by atoms with E-state index in [1.807, 2.05) is 13.8 Å². The zero-order chi connectivity index (χ0) is 18.1. The Kier molecular flexibility index (Phi) is 5.83. The van der Waals surface area contributed by atoms with Crippen LogP contribution in [0.5, 0.6) is 5.75 Å². The van der Waals surface area contributed by atoms with E-state index < -0.39 is 10.0 Å². The molecule has 0 bridgehead atoms. The third kappa shape index (κ3) is 4.05. The molecule has 24 heavy (non-hydrogen) atoms. The van der Waals surface area contributed by atoms with Gasteiger partial charge < -0.3 is 4.74 Å². The molecule has 0 heterocycles. The van der Waals surface area contributed by atoms with Gasteiger partial charge in [0.2, 0.25) is 0 Å². The average Bonchev–Trinajstić information content (AvgIpc) is 2.49. The lowest BCUT2D eigenvalue weighted by atomic mass is 10.0. The van der Waals surface area contributed by atoms with Crippen molar-refractivity contribution >= 4 is 43.2 Å². The van der Waals surface area contributed by atoms with Crippen LogP contribution in [0.2, 0.25) is 5.02 Å². The largest absolute Gasteiger partial charge is 0.496 e. The van der Waals surface area contributed by atoms with Crippen LogP contribution in [0.3, 0.4) is 0 Å². The van der Waals surface area contributed by atoms with Gasteiger partial charge in [0.15, 0.2) is 0 Å². The summed E-state index contributed by atoms with van der Waals surface area (Å²) in [5, 5.41) is 0.435. The van der Waals surface area contributed by atoms with E-state index in [9.17, 15) is 8.42 Å². The van der Waals surface area contributed by atoms with Crippen LogP contribution in [-0.2, 0) is 10.0 Å². The van der Waals surface area contributed by atoms with Gasteiger partial charge in [-0.15, -0.1) is 0 Å². The fourth-order valence-corrected chi connectivity index (χ4v) is 4.10. The molecule has 0 aliphatic rings. The second kappa shape index (κ2) is 7.33. The van der Waals surface area contributed by atoms with Gasteiger partial charge in [-0.2, -0.15) is 0 Å². The highest BCUT2D eigenvalue weighted by Gasteiger charge is 2.21. The third-order valence-corrected chi connectivity index (χ3v) is 6.37. The molecule has 0 saturated heterocycles. The number of rotatable bonds is 5. The molecule has 130 valence electrons. The summed E-state index contributed by atoms with van der Waals surface area (Å²) in [7, 11) is -2.15. The second-order valence-electron chi connectivity index (χ2n) is 5.75. The van der Waals surface area contributed by atoms with E-state index in [1.54, 1.807) is 44.4 Å². The molecule has 0 radical (unpaired) electrons. The van der Waals surface area contributed by atoms with Gasteiger partial charge in [0.1, 0.15) is 5.75 Å². The second-order valence-corrected chi connectivity index (χ2v) is 8.66. The summed E-state index contributed by atoms with van der Waals surface area (Å²) in [4.78, 5) is 0.228. The highest BCUT2D eigenvalue weighted by atomic mass is 79.9. The fourth-order valence-electron chi connectivity index (χ4n) is 2.36. The maximum atomic E-state index is 12.8. The predicted octanol–water partition coefficient (Wildman–Crippen LogP) is 5.34. The Morgan fingerprint density at radius 1 is 1.21 bits per heavy atom. The smallest absolute Gasteiger partial charge is 0.262 e. The molecule has 2 rings (SSSR count). The molecule has 2 aromatic rings. The van der Waals surface area contributed by atoms with Crippen molar-refractivity contribution in [3.63, 3.8) is 0 Å². The Hall–Kier alpha value is -1.24. The first-order valence-corrected chi connectivity index (χ1v) is 9.97. The Labute approximate surface area is 156 Å². The molecule has 0 fully saturated rings. The first kappa shape index (κ1) is 19.1. The van der Waals surface area contributed by atoms with Crippen LogP contribution in [0.4, 0.5) is 5.69 Å². The molecule has 0 aromatic heterocycles. The number of hydrogen-bond donors (Lipinski definition) is 1. The predicted molar refractivity (Wildman–Crippen MR) is 102 cm³/mol. The lowest BCUT2D eigenvalue weighted by Crippen LogP contribution is -2.15. The summed E-state index contributed by atoms with van der Waals surface area (Å²) in [5.41, 5.74) is 1.87. The van der Waals surface area contributed by atoms with Crippen molar-refractivity contribution < 1.29 is 13.2 Å². The third-order valence-electron chi connectivity index (χ3n) is 3.61. The van der Waals surface area contributed by atoms with Crippen LogP contribution in [-0.4, -0.2) is 15.5 Å². The fraction of sp³-hybridized carbons (Fsp3) is 0.294. The molecule has 0 spiro atoms. The van der Waals surface area contributed by atoms with Crippen LogP contribution in [0.25, 0.3) is 0 Å². The van der Waals surface area contributed by atoms with Gasteiger partial charge in [0.25, 0.3) is 10.0 Å². The van der Waals surface area contributed by atoms with Crippen molar-refractivity contribution in [1.29, 1.82) is 0 Å². The normalized spacial score (nSPS) is 11.6. The van der Waals surface area contributed by atoms with Crippen molar-refractivity contribution in [2.75, 3.05) is 11.8 Å². The summed E-state index contributed by atoms with van der Waals surface area (Å²) in [5.74, 6) is 0.824. The van der Waals surface area contributed by atoms with E-state index in [-0.39, 0.29) is 10.8 Å². The maximum Gasteiger partial charge on any atom is 0.262 e. The molecular weight excluding hydrogens is 414 g/mol. The molecule has 4 nitrogen and oxygen atoms in total. The van der Waals surface area contributed by atoms with Crippen molar-refractivity contribution in [3.8, 4) is 5.75 Å². The number of nitrogens with one attached hydrogen (secondary N) is 1. The monoisotopic (exact) mass is 431 g/mol. The minimum absolute atomic E-state index is 0.136. The topological polar surface area (TPSA) is 55.4 Å². The molecule has 7 heteroatoms. The van der Waals surface area contributed by atoms with E-state index in [0.29, 0.717) is 26.5 Å². The van der Waals surface area contributed by atoms with Crippen molar-refractivity contribution in [3.05, 3.63) is 51.0 Å². The number of halogens is 2. The molecule has 0 atom stereocenters. The van der Waals surface area contributed by atoms with Crippen molar-refractivity contribution in [2.45, 2.75) is 31.6 Å². The van der Waals surface area contributed by atoms with Crippen molar-refractivity contribution in [1.82, 2.24) is 0 Å². The molecular formula is C17H19BrClNO3S. The van der Waals surface area contributed by atoms with Gasteiger partial charge >= 0.3 is 0 Å². The minimum Gasteiger partial charge on any atom is -0.496 e. The zero-order valence-corrected chi connectivity index (χ0v) is 17.0. The first-order valence-electron chi connectivity index (χ1n) is 7.32. The molecule has 0 unspecified atom stereocenters.